The first kappa shape index (κ1) is 14.8. The van der Waals surface area contributed by atoms with Crippen LogP contribution in [-0.2, 0) is 0 Å². The molecule has 4 heteroatoms. The minimum absolute atomic E-state index is 0.752. The van der Waals surface area contributed by atoms with Crippen molar-refractivity contribution in [1.82, 2.24) is 9.97 Å². The van der Waals surface area contributed by atoms with E-state index in [9.17, 15) is 0 Å². The van der Waals surface area contributed by atoms with Crippen LogP contribution in [0.3, 0.4) is 0 Å². The SMILES string of the molecule is Brc1ccc(Nc2nc3ccccc3nc2-c2ccccc2)cc1. The number of halogens is 1. The van der Waals surface area contributed by atoms with Gasteiger partial charge >= 0.3 is 0 Å². The molecule has 3 aromatic carbocycles. The van der Waals surface area contributed by atoms with Crippen molar-refractivity contribution < 1.29 is 0 Å². The van der Waals surface area contributed by atoms with E-state index < -0.39 is 0 Å². The Balaban J connectivity index is 1.86. The minimum Gasteiger partial charge on any atom is -0.338 e. The zero-order chi connectivity index (χ0) is 16.4. The molecule has 0 unspecified atom stereocenters. The van der Waals surface area contributed by atoms with Gasteiger partial charge in [-0.3, -0.25) is 0 Å². The number of hydrogen-bond acceptors (Lipinski definition) is 3. The van der Waals surface area contributed by atoms with Crippen molar-refractivity contribution in [2.24, 2.45) is 0 Å². The molecule has 0 spiro atoms. The van der Waals surface area contributed by atoms with Crippen molar-refractivity contribution in [3.8, 4) is 11.3 Å². The molecule has 24 heavy (non-hydrogen) atoms. The largest absolute Gasteiger partial charge is 0.338 e. The first-order valence-corrected chi connectivity index (χ1v) is 8.44. The van der Waals surface area contributed by atoms with Crippen LogP contribution in [0.1, 0.15) is 0 Å². The Hall–Kier alpha value is -2.72. The topological polar surface area (TPSA) is 37.8 Å². The molecule has 0 fully saturated rings. The zero-order valence-electron chi connectivity index (χ0n) is 12.8. The highest BCUT2D eigenvalue weighted by molar-refractivity contribution is 9.10. The third-order valence-electron chi connectivity index (χ3n) is 3.72. The van der Waals surface area contributed by atoms with Crippen LogP contribution in [0.15, 0.2) is 83.3 Å². The molecule has 0 saturated heterocycles. The van der Waals surface area contributed by atoms with Gasteiger partial charge in [-0.25, -0.2) is 9.97 Å². The monoisotopic (exact) mass is 375 g/mol. The van der Waals surface area contributed by atoms with Gasteiger partial charge in [-0.1, -0.05) is 58.4 Å². The lowest BCUT2D eigenvalue weighted by molar-refractivity contribution is 1.28. The maximum Gasteiger partial charge on any atom is 0.157 e. The summed E-state index contributed by atoms with van der Waals surface area (Å²) >= 11 is 3.46. The summed E-state index contributed by atoms with van der Waals surface area (Å²) in [6, 6.07) is 26.0. The standard InChI is InChI=1S/C20H14BrN3/c21-15-10-12-16(13-11-15)22-20-19(14-6-2-1-3-7-14)23-17-8-4-5-9-18(17)24-20/h1-13H,(H,22,24). The maximum absolute atomic E-state index is 4.82. The van der Waals surface area contributed by atoms with Gasteiger partial charge in [-0.15, -0.1) is 0 Å². The molecule has 1 aromatic heterocycles. The lowest BCUT2D eigenvalue weighted by atomic mass is 10.1. The molecule has 0 atom stereocenters. The van der Waals surface area contributed by atoms with Crippen LogP contribution < -0.4 is 5.32 Å². The number of benzene rings is 3. The predicted octanol–water partition coefficient (Wildman–Crippen LogP) is 5.80. The van der Waals surface area contributed by atoms with Crippen molar-refractivity contribution in [3.05, 3.63) is 83.3 Å². The molecule has 0 aliphatic heterocycles. The Morgan fingerprint density at radius 3 is 2.00 bits per heavy atom. The van der Waals surface area contributed by atoms with Crippen LogP contribution in [0, 0.1) is 0 Å². The molecule has 116 valence electrons. The average Bonchev–Trinajstić information content (AvgIpc) is 2.64. The van der Waals surface area contributed by atoms with Gasteiger partial charge in [0.25, 0.3) is 0 Å². The molecule has 0 bridgehead atoms. The summed E-state index contributed by atoms with van der Waals surface area (Å²) in [6.45, 7) is 0. The Kier molecular flexibility index (Phi) is 3.97. The van der Waals surface area contributed by atoms with Crippen molar-refractivity contribution >= 4 is 38.5 Å². The second kappa shape index (κ2) is 6.42. The summed E-state index contributed by atoms with van der Waals surface area (Å²) in [6.07, 6.45) is 0. The van der Waals surface area contributed by atoms with Crippen LogP contribution in [0.5, 0.6) is 0 Å². The fourth-order valence-electron chi connectivity index (χ4n) is 2.55. The molecular weight excluding hydrogens is 362 g/mol. The normalized spacial score (nSPS) is 10.7. The van der Waals surface area contributed by atoms with Gasteiger partial charge in [0.1, 0.15) is 5.69 Å². The highest BCUT2D eigenvalue weighted by Crippen LogP contribution is 2.29. The smallest absolute Gasteiger partial charge is 0.157 e. The van der Waals surface area contributed by atoms with Crippen LogP contribution in [-0.4, -0.2) is 9.97 Å². The summed E-state index contributed by atoms with van der Waals surface area (Å²) in [4.78, 5) is 9.61. The molecule has 1 heterocycles. The first-order chi connectivity index (χ1) is 11.8. The number of fused-ring (bicyclic) bond motifs is 1. The van der Waals surface area contributed by atoms with E-state index in [1.165, 1.54) is 0 Å². The van der Waals surface area contributed by atoms with Crippen LogP contribution in [0.2, 0.25) is 0 Å². The fourth-order valence-corrected chi connectivity index (χ4v) is 2.82. The van der Waals surface area contributed by atoms with E-state index in [-0.39, 0.29) is 0 Å². The van der Waals surface area contributed by atoms with E-state index >= 15 is 0 Å². The van der Waals surface area contributed by atoms with Gasteiger partial charge in [0, 0.05) is 15.7 Å². The van der Waals surface area contributed by atoms with Gasteiger partial charge < -0.3 is 5.32 Å². The Labute approximate surface area is 148 Å². The van der Waals surface area contributed by atoms with Gasteiger partial charge in [0.2, 0.25) is 0 Å². The second-order valence-electron chi connectivity index (χ2n) is 5.41. The Bertz CT molecular complexity index is 983. The number of hydrogen-bond donors (Lipinski definition) is 1. The molecule has 1 N–H and O–H groups in total. The van der Waals surface area contributed by atoms with E-state index in [0.717, 1.165) is 38.3 Å². The minimum atomic E-state index is 0.752. The number of rotatable bonds is 3. The summed E-state index contributed by atoms with van der Waals surface area (Å²) in [7, 11) is 0. The van der Waals surface area contributed by atoms with Crippen LogP contribution in [0.25, 0.3) is 22.3 Å². The molecule has 0 aliphatic carbocycles. The number of nitrogens with one attached hydrogen (secondary N) is 1. The van der Waals surface area contributed by atoms with E-state index in [2.05, 4.69) is 21.2 Å². The second-order valence-corrected chi connectivity index (χ2v) is 6.32. The highest BCUT2D eigenvalue weighted by atomic mass is 79.9. The number of para-hydroxylation sites is 2. The summed E-state index contributed by atoms with van der Waals surface area (Å²) in [5.41, 5.74) is 4.61. The molecule has 3 nitrogen and oxygen atoms in total. The van der Waals surface area contributed by atoms with Gasteiger partial charge in [0.05, 0.1) is 11.0 Å². The quantitative estimate of drug-likeness (QED) is 0.491. The van der Waals surface area contributed by atoms with Gasteiger partial charge in [-0.05, 0) is 36.4 Å². The summed E-state index contributed by atoms with van der Waals surface area (Å²) in [5, 5.41) is 3.40. The van der Waals surface area contributed by atoms with Gasteiger partial charge in [0.15, 0.2) is 5.82 Å². The van der Waals surface area contributed by atoms with Crippen molar-refractivity contribution in [2.45, 2.75) is 0 Å². The van der Waals surface area contributed by atoms with E-state index in [1.807, 2.05) is 78.9 Å². The lowest BCUT2D eigenvalue weighted by Crippen LogP contribution is -2.00. The number of nitrogens with zero attached hydrogens (tertiary/aromatic N) is 2. The third kappa shape index (κ3) is 3.01. The van der Waals surface area contributed by atoms with E-state index in [4.69, 9.17) is 9.97 Å². The summed E-state index contributed by atoms with van der Waals surface area (Å²) in [5.74, 6) is 0.752. The van der Waals surface area contributed by atoms with Crippen molar-refractivity contribution in [1.29, 1.82) is 0 Å². The lowest BCUT2D eigenvalue weighted by Gasteiger charge is -2.12. The molecule has 4 rings (SSSR count). The Morgan fingerprint density at radius 2 is 1.29 bits per heavy atom. The highest BCUT2D eigenvalue weighted by Gasteiger charge is 2.11. The molecule has 0 aliphatic rings. The first-order valence-electron chi connectivity index (χ1n) is 7.64. The zero-order valence-corrected chi connectivity index (χ0v) is 14.4. The summed E-state index contributed by atoms with van der Waals surface area (Å²) < 4.78 is 1.04. The number of anilines is 2. The molecule has 0 radical (unpaired) electrons. The van der Waals surface area contributed by atoms with Crippen molar-refractivity contribution in [2.75, 3.05) is 5.32 Å². The predicted molar refractivity (Wildman–Crippen MR) is 102 cm³/mol. The van der Waals surface area contributed by atoms with E-state index in [0.29, 0.717) is 0 Å². The Morgan fingerprint density at radius 1 is 0.667 bits per heavy atom. The third-order valence-corrected chi connectivity index (χ3v) is 4.25. The fraction of sp³-hybridized carbons (Fsp3) is 0. The van der Waals surface area contributed by atoms with Crippen LogP contribution in [0.4, 0.5) is 11.5 Å². The molecule has 0 amide bonds. The molecule has 4 aromatic rings. The van der Waals surface area contributed by atoms with Crippen molar-refractivity contribution in [3.63, 3.8) is 0 Å². The average molecular weight is 376 g/mol. The van der Waals surface area contributed by atoms with Crippen LogP contribution >= 0.6 is 15.9 Å². The van der Waals surface area contributed by atoms with E-state index in [1.54, 1.807) is 0 Å². The molecule has 0 saturated carbocycles. The maximum atomic E-state index is 4.82. The molecular formula is C20H14BrN3. The van der Waals surface area contributed by atoms with Gasteiger partial charge in [-0.2, -0.15) is 0 Å². The number of aromatic nitrogens is 2.